The van der Waals surface area contributed by atoms with Crippen LogP contribution in [0.25, 0.3) is 32.4 Å². The van der Waals surface area contributed by atoms with E-state index in [1.807, 2.05) is 12.3 Å². The zero-order valence-corrected chi connectivity index (χ0v) is 12.8. The maximum absolute atomic E-state index is 4.74. The summed E-state index contributed by atoms with van der Waals surface area (Å²) in [5.41, 5.74) is 2.98. The molecule has 0 saturated carbocycles. The third kappa shape index (κ3) is 1.92. The first kappa shape index (κ1) is 12.0. The lowest BCUT2D eigenvalue weighted by molar-refractivity contribution is 1.32. The van der Waals surface area contributed by atoms with Gasteiger partial charge < -0.3 is 0 Å². The number of halogens is 1. The summed E-state index contributed by atoms with van der Waals surface area (Å²) in [4.78, 5) is 10.2. The molecule has 0 aliphatic carbocycles. The molecule has 0 fully saturated rings. The summed E-state index contributed by atoms with van der Waals surface area (Å²) in [7, 11) is 0. The molecular weight excluding hydrogens is 332 g/mol. The maximum Gasteiger partial charge on any atom is 0.143 e. The van der Waals surface area contributed by atoms with E-state index < -0.39 is 0 Å². The summed E-state index contributed by atoms with van der Waals surface area (Å²) in [6.45, 7) is 0. The fraction of sp³-hybridized carbons (Fsp3) is 0. The molecule has 0 aliphatic heterocycles. The highest BCUT2D eigenvalue weighted by atomic mass is 79.9. The highest BCUT2D eigenvalue weighted by molar-refractivity contribution is 9.11. The van der Waals surface area contributed by atoms with Crippen molar-refractivity contribution in [2.24, 2.45) is 0 Å². The smallest absolute Gasteiger partial charge is 0.143 e. The zero-order valence-electron chi connectivity index (χ0n) is 10.4. The van der Waals surface area contributed by atoms with E-state index in [0.29, 0.717) is 0 Å². The summed E-state index contributed by atoms with van der Waals surface area (Å²) in [6.07, 6.45) is 1.85. The van der Waals surface area contributed by atoms with Gasteiger partial charge in [0.25, 0.3) is 0 Å². The molecule has 0 spiro atoms. The van der Waals surface area contributed by atoms with Crippen molar-refractivity contribution < 1.29 is 0 Å². The van der Waals surface area contributed by atoms with Crippen LogP contribution in [0.1, 0.15) is 0 Å². The van der Waals surface area contributed by atoms with Crippen molar-refractivity contribution in [1.29, 1.82) is 0 Å². The van der Waals surface area contributed by atoms with Crippen LogP contribution in [0.4, 0.5) is 0 Å². The first-order valence-electron chi connectivity index (χ1n) is 6.21. The number of fused-ring (bicyclic) bond motifs is 2. The van der Waals surface area contributed by atoms with Gasteiger partial charge in [-0.15, -0.1) is 11.3 Å². The second-order valence-corrected chi connectivity index (χ2v) is 6.93. The first-order valence-corrected chi connectivity index (χ1v) is 7.82. The Bertz CT molecular complexity index is 925. The monoisotopic (exact) mass is 340 g/mol. The number of benzene rings is 2. The zero-order chi connectivity index (χ0) is 13.5. The summed E-state index contributed by atoms with van der Waals surface area (Å²) in [5.74, 6) is 0. The minimum absolute atomic E-state index is 0.920. The molecule has 2 aromatic heterocycles. The molecule has 2 aromatic carbocycles. The lowest BCUT2D eigenvalue weighted by Gasteiger charge is -2.05. The number of rotatable bonds is 1. The van der Waals surface area contributed by atoms with Gasteiger partial charge in [-0.1, -0.05) is 42.5 Å². The molecule has 20 heavy (non-hydrogen) atoms. The average Bonchev–Trinajstić information content (AvgIpc) is 2.85. The Morgan fingerprint density at radius 2 is 1.85 bits per heavy atom. The topological polar surface area (TPSA) is 25.8 Å². The van der Waals surface area contributed by atoms with Crippen LogP contribution in [0.5, 0.6) is 0 Å². The highest BCUT2D eigenvalue weighted by Gasteiger charge is 2.08. The molecule has 0 saturated heterocycles. The highest BCUT2D eigenvalue weighted by Crippen LogP contribution is 2.31. The van der Waals surface area contributed by atoms with Crippen LogP contribution in [0, 0.1) is 0 Å². The van der Waals surface area contributed by atoms with Gasteiger partial charge in [0, 0.05) is 5.56 Å². The predicted octanol–water partition coefficient (Wildman–Crippen LogP) is 5.27. The van der Waals surface area contributed by atoms with Crippen LogP contribution in [-0.2, 0) is 0 Å². The second kappa shape index (κ2) is 4.65. The number of hydrogen-bond donors (Lipinski definition) is 0. The molecule has 0 bridgehead atoms. The normalized spacial score (nSPS) is 11.2. The van der Waals surface area contributed by atoms with Gasteiger partial charge >= 0.3 is 0 Å². The van der Waals surface area contributed by atoms with Gasteiger partial charge in [-0.2, -0.15) is 0 Å². The Morgan fingerprint density at radius 1 is 1.00 bits per heavy atom. The van der Waals surface area contributed by atoms with Gasteiger partial charge in [-0.3, -0.25) is 4.98 Å². The summed E-state index contributed by atoms with van der Waals surface area (Å²) >= 11 is 5.09. The van der Waals surface area contributed by atoms with Crippen molar-refractivity contribution >= 4 is 48.4 Å². The third-order valence-electron chi connectivity index (χ3n) is 3.28. The fourth-order valence-corrected chi connectivity index (χ4v) is 3.76. The van der Waals surface area contributed by atoms with Crippen molar-refractivity contribution in [2.45, 2.75) is 0 Å². The molecule has 2 nitrogen and oxygen atoms in total. The van der Waals surface area contributed by atoms with Crippen molar-refractivity contribution in [2.75, 3.05) is 0 Å². The van der Waals surface area contributed by atoms with Crippen molar-refractivity contribution in [1.82, 2.24) is 9.97 Å². The number of aromatic nitrogens is 2. The SMILES string of the molecule is Brc1cc2ncc(-c3cccc4ccccc34)nc2s1. The van der Waals surface area contributed by atoms with Crippen molar-refractivity contribution in [3.63, 3.8) is 0 Å². The standard InChI is InChI=1S/C16H9BrN2S/c17-15-8-13-16(20-15)19-14(9-18-13)12-7-3-5-10-4-1-2-6-11(10)12/h1-9H. The summed E-state index contributed by atoms with van der Waals surface area (Å²) in [6, 6.07) is 16.6. The molecular formula is C16H9BrN2S. The van der Waals surface area contributed by atoms with Gasteiger partial charge in [-0.05, 0) is 32.8 Å². The molecule has 2 heterocycles. The molecule has 0 atom stereocenters. The van der Waals surface area contributed by atoms with Crippen LogP contribution in [0.3, 0.4) is 0 Å². The van der Waals surface area contributed by atoms with Crippen LogP contribution in [-0.4, -0.2) is 9.97 Å². The van der Waals surface area contributed by atoms with E-state index >= 15 is 0 Å². The Kier molecular flexibility index (Phi) is 2.79. The molecule has 0 aliphatic rings. The first-order chi connectivity index (χ1) is 9.81. The van der Waals surface area contributed by atoms with Crippen LogP contribution in [0.15, 0.2) is 58.5 Å². The molecule has 4 heteroatoms. The lowest BCUT2D eigenvalue weighted by atomic mass is 10.0. The quantitative estimate of drug-likeness (QED) is 0.471. The Labute approximate surface area is 128 Å². The molecule has 0 radical (unpaired) electrons. The maximum atomic E-state index is 4.74. The van der Waals surface area contributed by atoms with Crippen LogP contribution < -0.4 is 0 Å². The van der Waals surface area contributed by atoms with Crippen LogP contribution >= 0.6 is 27.3 Å². The van der Waals surface area contributed by atoms with E-state index in [1.165, 1.54) is 10.8 Å². The van der Waals surface area contributed by atoms with E-state index in [0.717, 1.165) is 25.4 Å². The number of thiophene rings is 1. The largest absolute Gasteiger partial charge is 0.251 e. The number of hydrogen-bond acceptors (Lipinski definition) is 3. The van der Waals surface area contributed by atoms with Gasteiger partial charge in [0.2, 0.25) is 0 Å². The summed E-state index contributed by atoms with van der Waals surface area (Å²) in [5, 5.41) is 2.43. The van der Waals surface area contributed by atoms with Crippen molar-refractivity contribution in [3.8, 4) is 11.3 Å². The third-order valence-corrected chi connectivity index (χ3v) is 4.80. The minimum Gasteiger partial charge on any atom is -0.251 e. The van der Waals surface area contributed by atoms with Gasteiger partial charge in [0.15, 0.2) is 0 Å². The minimum atomic E-state index is 0.920. The predicted molar refractivity (Wildman–Crippen MR) is 88.1 cm³/mol. The molecule has 96 valence electrons. The second-order valence-electron chi connectivity index (χ2n) is 4.52. The van der Waals surface area contributed by atoms with E-state index in [9.17, 15) is 0 Å². The number of nitrogens with zero attached hydrogens (tertiary/aromatic N) is 2. The Balaban J connectivity index is 2.00. The molecule has 0 unspecified atom stereocenters. The fourth-order valence-electron chi connectivity index (χ4n) is 2.36. The molecule has 4 rings (SSSR count). The Hall–Kier alpha value is -1.78. The lowest BCUT2D eigenvalue weighted by Crippen LogP contribution is -1.87. The van der Waals surface area contributed by atoms with Crippen LogP contribution in [0.2, 0.25) is 0 Å². The Morgan fingerprint density at radius 3 is 2.80 bits per heavy atom. The molecule has 4 aromatic rings. The summed E-state index contributed by atoms with van der Waals surface area (Å²) < 4.78 is 1.06. The molecule has 0 N–H and O–H groups in total. The van der Waals surface area contributed by atoms with E-state index in [2.05, 4.69) is 63.4 Å². The van der Waals surface area contributed by atoms with Crippen molar-refractivity contribution in [3.05, 3.63) is 58.5 Å². The van der Waals surface area contributed by atoms with E-state index in [4.69, 9.17) is 4.98 Å². The van der Waals surface area contributed by atoms with E-state index in [-0.39, 0.29) is 0 Å². The van der Waals surface area contributed by atoms with Gasteiger partial charge in [-0.25, -0.2) is 4.98 Å². The molecule has 0 amide bonds. The van der Waals surface area contributed by atoms with Gasteiger partial charge in [0.05, 0.1) is 15.7 Å². The van der Waals surface area contributed by atoms with E-state index in [1.54, 1.807) is 11.3 Å². The van der Waals surface area contributed by atoms with Gasteiger partial charge in [0.1, 0.15) is 10.3 Å². The average molecular weight is 341 g/mol.